The largest absolute Gasteiger partial charge is 0.430 e. The van der Waals surface area contributed by atoms with E-state index < -0.39 is 39.4 Å². The van der Waals surface area contributed by atoms with Gasteiger partial charge in [-0.15, -0.1) is 0 Å². The van der Waals surface area contributed by atoms with E-state index in [1.54, 1.807) is 0 Å². The molecular weight excluding hydrogens is 582 g/mol. The van der Waals surface area contributed by atoms with Crippen molar-refractivity contribution >= 4 is 27.6 Å². The highest BCUT2D eigenvalue weighted by Gasteiger charge is 2.71. The molecule has 1 aromatic carbocycles. The SMILES string of the molecule is NC(=O)c1cccc(-c2cc(C(O)(C(F)(F)F)C(F)(F)F)cnc2N2CCN(S(=O)(=O)c3ccc(N)nc3)CC2)c1. The highest BCUT2D eigenvalue weighted by Crippen LogP contribution is 2.51. The van der Waals surface area contributed by atoms with Crippen LogP contribution in [-0.2, 0) is 15.6 Å². The molecule has 4 rings (SSSR count). The number of nitrogens with zero attached hydrogens (tertiary/aromatic N) is 4. The van der Waals surface area contributed by atoms with E-state index in [4.69, 9.17) is 11.5 Å². The lowest BCUT2D eigenvalue weighted by molar-refractivity contribution is -0.376. The first-order chi connectivity index (χ1) is 19.0. The molecule has 1 saturated heterocycles. The van der Waals surface area contributed by atoms with Crippen LogP contribution in [0.3, 0.4) is 0 Å². The molecule has 1 aliphatic heterocycles. The lowest BCUT2D eigenvalue weighted by atomic mass is 9.90. The summed E-state index contributed by atoms with van der Waals surface area (Å²) in [6.45, 7) is -0.351. The van der Waals surface area contributed by atoms with Gasteiger partial charge in [0.2, 0.25) is 15.9 Å². The van der Waals surface area contributed by atoms with Crippen LogP contribution in [-0.4, -0.2) is 72.2 Å². The first-order valence-electron chi connectivity index (χ1n) is 11.7. The molecule has 0 saturated carbocycles. The van der Waals surface area contributed by atoms with E-state index in [1.165, 1.54) is 35.2 Å². The molecule has 0 bridgehead atoms. The Morgan fingerprint density at radius 1 is 0.902 bits per heavy atom. The van der Waals surface area contributed by atoms with Crippen molar-refractivity contribution in [3.63, 3.8) is 0 Å². The van der Waals surface area contributed by atoms with Crippen molar-refractivity contribution < 1.29 is 44.7 Å². The normalized spacial score (nSPS) is 15.6. The molecule has 10 nitrogen and oxygen atoms in total. The first-order valence-corrected chi connectivity index (χ1v) is 13.1. The quantitative estimate of drug-likeness (QED) is 0.363. The van der Waals surface area contributed by atoms with Gasteiger partial charge >= 0.3 is 12.4 Å². The molecule has 220 valence electrons. The Bertz CT molecular complexity index is 1540. The molecule has 1 amide bonds. The number of alkyl halides is 6. The van der Waals surface area contributed by atoms with Gasteiger partial charge in [-0.25, -0.2) is 18.4 Å². The standard InChI is InChI=1S/C24H22F6N6O4S/c25-23(26,27)22(38,24(28,29)30)16-11-18(14-2-1-3-15(10-14)20(32)37)21(34-12-16)35-6-8-36(9-7-35)41(39,40)17-4-5-19(31)33-13-17/h1-5,10-13,38H,6-9H2,(H2,31,33)(H2,32,37). The molecule has 0 aliphatic carbocycles. The number of pyridine rings is 2. The van der Waals surface area contributed by atoms with Crippen molar-refractivity contribution in [1.29, 1.82) is 0 Å². The number of rotatable bonds is 6. The first kappa shape index (κ1) is 30.0. The molecule has 0 spiro atoms. The molecule has 17 heteroatoms. The Morgan fingerprint density at radius 3 is 2.07 bits per heavy atom. The number of carbonyl (C=O) groups is 1. The maximum Gasteiger partial charge on any atom is 0.430 e. The van der Waals surface area contributed by atoms with Gasteiger partial charge < -0.3 is 21.5 Å². The third-order valence-electron chi connectivity index (χ3n) is 6.50. The van der Waals surface area contributed by atoms with E-state index >= 15 is 0 Å². The zero-order valence-electron chi connectivity index (χ0n) is 20.8. The molecular formula is C24H22F6N6O4S. The Morgan fingerprint density at radius 2 is 1.54 bits per heavy atom. The van der Waals surface area contributed by atoms with Gasteiger partial charge in [-0.05, 0) is 35.9 Å². The Labute approximate surface area is 229 Å². The van der Waals surface area contributed by atoms with Gasteiger partial charge in [0.25, 0.3) is 5.60 Å². The average Bonchev–Trinajstić information content (AvgIpc) is 2.91. The van der Waals surface area contributed by atoms with Crippen molar-refractivity contribution in [2.75, 3.05) is 36.8 Å². The van der Waals surface area contributed by atoms with Gasteiger partial charge in [0.15, 0.2) is 0 Å². The molecule has 3 aromatic rings. The number of hydrogen-bond acceptors (Lipinski definition) is 8. The van der Waals surface area contributed by atoms with Crippen molar-refractivity contribution in [3.8, 4) is 11.1 Å². The van der Waals surface area contributed by atoms with Crippen LogP contribution in [0.15, 0.2) is 59.8 Å². The smallest absolute Gasteiger partial charge is 0.384 e. The minimum Gasteiger partial charge on any atom is -0.384 e. The summed E-state index contributed by atoms with van der Waals surface area (Å²) in [5.41, 5.74) is 3.56. The van der Waals surface area contributed by atoms with Crippen LogP contribution in [0.25, 0.3) is 11.1 Å². The molecule has 5 N–H and O–H groups in total. The summed E-state index contributed by atoms with van der Waals surface area (Å²) in [4.78, 5) is 20.7. The summed E-state index contributed by atoms with van der Waals surface area (Å²) in [5.74, 6) is -0.900. The van der Waals surface area contributed by atoms with Gasteiger partial charge in [-0.1, -0.05) is 12.1 Å². The summed E-state index contributed by atoms with van der Waals surface area (Å²) in [7, 11) is -3.99. The molecule has 0 unspecified atom stereocenters. The van der Waals surface area contributed by atoms with Crippen LogP contribution in [0, 0.1) is 0 Å². The maximum absolute atomic E-state index is 13.6. The fourth-order valence-corrected chi connectivity index (χ4v) is 5.65. The maximum atomic E-state index is 13.6. The molecule has 1 fully saturated rings. The van der Waals surface area contributed by atoms with E-state index in [-0.39, 0.29) is 65.6 Å². The van der Waals surface area contributed by atoms with Crippen molar-refractivity contribution in [2.24, 2.45) is 5.73 Å². The zero-order chi connectivity index (χ0) is 30.4. The van der Waals surface area contributed by atoms with Gasteiger partial charge in [0, 0.05) is 55.3 Å². The van der Waals surface area contributed by atoms with Gasteiger partial charge in [0.05, 0.1) is 0 Å². The molecule has 1 aliphatic rings. The zero-order valence-corrected chi connectivity index (χ0v) is 21.6. The number of nitrogens with two attached hydrogens (primary N) is 2. The van der Waals surface area contributed by atoms with Gasteiger partial charge in [0.1, 0.15) is 16.5 Å². The van der Waals surface area contributed by atoms with Crippen LogP contribution in [0.5, 0.6) is 0 Å². The van der Waals surface area contributed by atoms with E-state index in [1.807, 2.05) is 0 Å². The number of amides is 1. The van der Waals surface area contributed by atoms with Crippen LogP contribution < -0.4 is 16.4 Å². The number of carbonyl (C=O) groups excluding carboxylic acids is 1. The highest BCUT2D eigenvalue weighted by atomic mass is 32.2. The third kappa shape index (κ3) is 5.51. The Hall–Kier alpha value is -3.96. The number of halogens is 6. The molecule has 3 heterocycles. The van der Waals surface area contributed by atoms with Crippen molar-refractivity contribution in [3.05, 3.63) is 66.0 Å². The number of anilines is 2. The summed E-state index contributed by atoms with van der Waals surface area (Å²) in [5, 5.41) is 9.96. The number of sulfonamides is 1. The minimum absolute atomic E-state index is 0.0136. The fraction of sp³-hybridized carbons (Fsp3) is 0.292. The van der Waals surface area contributed by atoms with Crippen LogP contribution >= 0.6 is 0 Å². The van der Waals surface area contributed by atoms with Gasteiger partial charge in [-0.3, -0.25) is 4.79 Å². The number of hydrogen-bond donors (Lipinski definition) is 3. The Kier molecular flexibility index (Phi) is 7.66. The predicted octanol–water partition coefficient (Wildman–Crippen LogP) is 2.65. The van der Waals surface area contributed by atoms with Crippen molar-refractivity contribution in [1.82, 2.24) is 14.3 Å². The summed E-state index contributed by atoms with van der Waals surface area (Å²) in [6.07, 6.45) is -11.0. The average molecular weight is 605 g/mol. The number of aromatic nitrogens is 2. The summed E-state index contributed by atoms with van der Waals surface area (Å²) in [6, 6.07) is 8.15. The second kappa shape index (κ2) is 10.5. The van der Waals surface area contributed by atoms with Crippen LogP contribution in [0.2, 0.25) is 0 Å². The number of piperazine rings is 1. The lowest BCUT2D eigenvalue weighted by Gasteiger charge is -2.36. The number of primary amides is 1. The van der Waals surface area contributed by atoms with Crippen LogP contribution in [0.4, 0.5) is 38.0 Å². The van der Waals surface area contributed by atoms with Gasteiger partial charge in [-0.2, -0.15) is 30.6 Å². The summed E-state index contributed by atoms with van der Waals surface area (Å²) < 4.78 is 109. The van der Waals surface area contributed by atoms with Crippen molar-refractivity contribution in [2.45, 2.75) is 22.8 Å². The number of aliphatic hydroxyl groups is 1. The number of nitrogen functional groups attached to an aromatic ring is 1. The second-order valence-electron chi connectivity index (χ2n) is 9.06. The van der Waals surface area contributed by atoms with E-state index in [2.05, 4.69) is 9.97 Å². The fourth-order valence-electron chi connectivity index (χ4n) is 4.28. The lowest BCUT2D eigenvalue weighted by Crippen LogP contribution is -2.54. The predicted molar refractivity (Wildman–Crippen MR) is 134 cm³/mol. The second-order valence-corrected chi connectivity index (χ2v) is 11.0. The molecule has 41 heavy (non-hydrogen) atoms. The van der Waals surface area contributed by atoms with E-state index in [0.717, 1.165) is 16.6 Å². The minimum atomic E-state index is -6.16. The Balaban J connectivity index is 1.76. The van der Waals surface area contributed by atoms with E-state index in [9.17, 15) is 44.7 Å². The number of benzene rings is 1. The van der Waals surface area contributed by atoms with Crippen LogP contribution in [0.1, 0.15) is 15.9 Å². The highest BCUT2D eigenvalue weighted by molar-refractivity contribution is 7.89. The molecule has 0 radical (unpaired) electrons. The topological polar surface area (TPSA) is 156 Å². The van der Waals surface area contributed by atoms with E-state index in [0.29, 0.717) is 6.07 Å². The summed E-state index contributed by atoms with van der Waals surface area (Å²) >= 11 is 0. The third-order valence-corrected chi connectivity index (χ3v) is 8.38. The monoisotopic (exact) mass is 604 g/mol. The molecule has 0 atom stereocenters. The molecule has 2 aromatic heterocycles.